The van der Waals surface area contributed by atoms with Gasteiger partial charge in [-0.3, -0.25) is 0 Å². The third kappa shape index (κ3) is 5.38. The fourth-order valence-corrected chi connectivity index (χ4v) is 2.18. The van der Waals surface area contributed by atoms with Gasteiger partial charge in [0, 0.05) is 9.13 Å². The zero-order valence-electron chi connectivity index (χ0n) is 10.6. The van der Waals surface area contributed by atoms with Crippen molar-refractivity contribution in [3.8, 4) is 0 Å². The first kappa shape index (κ1) is 18.1. The normalized spacial score (nSPS) is 14.2. The van der Waals surface area contributed by atoms with E-state index in [2.05, 4.69) is 36.4 Å². The van der Waals surface area contributed by atoms with Crippen LogP contribution < -0.4 is 5.73 Å². The second-order valence-corrected chi connectivity index (χ2v) is 5.98. The second-order valence-electron chi connectivity index (χ2n) is 4.73. The van der Waals surface area contributed by atoms with E-state index in [9.17, 15) is 9.50 Å². The van der Waals surface area contributed by atoms with Gasteiger partial charge < -0.3 is 10.8 Å². The molecule has 0 saturated heterocycles. The maximum atomic E-state index is 13.6. The number of aliphatic hydroxyl groups excluding tert-OH is 1. The maximum Gasteiger partial charge on any atom is 0.128 e. The molecule has 0 bridgehead atoms. The van der Waals surface area contributed by atoms with E-state index < -0.39 is 12.1 Å². The van der Waals surface area contributed by atoms with Crippen LogP contribution in [0.15, 0.2) is 18.2 Å². The highest BCUT2D eigenvalue weighted by Gasteiger charge is 2.20. The van der Waals surface area contributed by atoms with Crippen molar-refractivity contribution in [2.24, 2.45) is 11.7 Å². The highest BCUT2D eigenvalue weighted by atomic mass is 127. The molecule has 0 amide bonds. The van der Waals surface area contributed by atoms with E-state index in [0.29, 0.717) is 17.9 Å². The quantitative estimate of drug-likeness (QED) is 0.758. The molecule has 2 atom stereocenters. The summed E-state index contributed by atoms with van der Waals surface area (Å²) in [5, 5.41) is 9.94. The summed E-state index contributed by atoms with van der Waals surface area (Å²) < 4.78 is 14.5. The van der Waals surface area contributed by atoms with Crippen LogP contribution in [0.1, 0.15) is 38.3 Å². The predicted octanol–water partition coefficient (Wildman–Crippen LogP) is 3.65. The number of halogens is 3. The van der Waals surface area contributed by atoms with Crippen LogP contribution in [0.4, 0.5) is 4.39 Å². The average molecular weight is 388 g/mol. The molecule has 0 heterocycles. The molecule has 0 radical (unpaired) electrons. The lowest BCUT2D eigenvalue weighted by molar-refractivity contribution is 0.127. The Kier molecular flexibility index (Phi) is 8.34. The van der Waals surface area contributed by atoms with E-state index in [-0.39, 0.29) is 18.2 Å². The average Bonchev–Trinajstić information content (AvgIpc) is 2.28. The van der Waals surface area contributed by atoms with Crippen molar-refractivity contribution in [2.75, 3.05) is 0 Å². The minimum atomic E-state index is -0.690. The molecule has 0 aromatic heterocycles. The molecule has 0 fully saturated rings. The first-order valence-electron chi connectivity index (χ1n) is 5.80. The molecule has 3 N–H and O–H groups in total. The first-order valence-corrected chi connectivity index (χ1v) is 6.88. The highest BCUT2D eigenvalue weighted by molar-refractivity contribution is 14.1. The van der Waals surface area contributed by atoms with Crippen LogP contribution in [0.25, 0.3) is 0 Å². The Labute approximate surface area is 128 Å². The van der Waals surface area contributed by atoms with Gasteiger partial charge in [0.15, 0.2) is 0 Å². The third-order valence-corrected chi connectivity index (χ3v) is 3.44. The number of aliphatic hydroxyl groups is 1. The maximum absolute atomic E-state index is 13.6. The minimum Gasteiger partial charge on any atom is -0.391 e. The molecule has 18 heavy (non-hydrogen) atoms. The lowest BCUT2D eigenvalue weighted by Crippen LogP contribution is -2.27. The van der Waals surface area contributed by atoms with Crippen LogP contribution in [0, 0.1) is 15.3 Å². The summed E-state index contributed by atoms with van der Waals surface area (Å²) >= 11 is 2.11. The predicted molar refractivity (Wildman–Crippen MR) is 83.4 cm³/mol. The Balaban J connectivity index is 0.00000289. The zero-order chi connectivity index (χ0) is 13.0. The first-order chi connectivity index (χ1) is 7.91. The summed E-state index contributed by atoms with van der Waals surface area (Å²) in [6, 6.07) is 4.13. The molecule has 0 spiro atoms. The van der Waals surface area contributed by atoms with Crippen LogP contribution in [0.5, 0.6) is 0 Å². The van der Waals surface area contributed by atoms with Crippen molar-refractivity contribution in [2.45, 2.75) is 38.8 Å². The van der Waals surface area contributed by atoms with Crippen molar-refractivity contribution in [3.05, 3.63) is 33.1 Å². The van der Waals surface area contributed by atoms with Gasteiger partial charge in [-0.2, -0.15) is 0 Å². The van der Waals surface area contributed by atoms with Gasteiger partial charge in [0.1, 0.15) is 5.82 Å². The number of rotatable bonds is 5. The second kappa shape index (κ2) is 8.30. The monoisotopic (exact) mass is 387 g/mol. The molecular formula is C13H20ClFINO. The Morgan fingerprint density at radius 1 is 1.33 bits per heavy atom. The Morgan fingerprint density at radius 2 is 1.94 bits per heavy atom. The standard InChI is InChI=1S/C13H19FINO.ClH/c1-8(2)3-6-12(17)13(16)10-7-9(15)4-5-11(10)14;/h4-5,7-8,12-13,17H,3,6,16H2,1-2H3;1H/t12-,13+;/m0./s1. The SMILES string of the molecule is CC(C)CC[C@H](O)[C@H](N)c1cc(I)ccc1F.Cl. The summed E-state index contributed by atoms with van der Waals surface area (Å²) in [6.45, 7) is 4.18. The van der Waals surface area contributed by atoms with Crippen molar-refractivity contribution >= 4 is 35.0 Å². The fourth-order valence-electron chi connectivity index (χ4n) is 1.66. The van der Waals surface area contributed by atoms with Crippen molar-refractivity contribution in [1.29, 1.82) is 0 Å². The van der Waals surface area contributed by atoms with Gasteiger partial charge in [0.05, 0.1) is 12.1 Å². The van der Waals surface area contributed by atoms with Gasteiger partial charge in [0.2, 0.25) is 0 Å². The van der Waals surface area contributed by atoms with Gasteiger partial charge in [-0.15, -0.1) is 12.4 Å². The van der Waals surface area contributed by atoms with Crippen LogP contribution in [0.2, 0.25) is 0 Å². The van der Waals surface area contributed by atoms with Gasteiger partial charge in [-0.1, -0.05) is 13.8 Å². The summed E-state index contributed by atoms with van der Waals surface area (Å²) in [4.78, 5) is 0. The van der Waals surface area contributed by atoms with Crippen LogP contribution in [-0.2, 0) is 0 Å². The van der Waals surface area contributed by atoms with Crippen LogP contribution in [-0.4, -0.2) is 11.2 Å². The summed E-state index contributed by atoms with van der Waals surface area (Å²) in [5.41, 5.74) is 6.30. The van der Waals surface area contributed by atoms with Gasteiger partial charge in [-0.05, 0) is 59.5 Å². The molecule has 1 rings (SSSR count). The summed E-state index contributed by atoms with van der Waals surface area (Å²) in [5.74, 6) is 0.166. The molecule has 0 aliphatic rings. The minimum absolute atomic E-state index is 0. The van der Waals surface area contributed by atoms with Crippen molar-refractivity contribution in [1.82, 2.24) is 0 Å². The van der Waals surface area contributed by atoms with E-state index in [4.69, 9.17) is 5.73 Å². The van der Waals surface area contributed by atoms with E-state index in [1.807, 2.05) is 0 Å². The largest absolute Gasteiger partial charge is 0.391 e. The van der Waals surface area contributed by atoms with Crippen molar-refractivity contribution in [3.63, 3.8) is 0 Å². The number of hydrogen-bond donors (Lipinski definition) is 2. The van der Waals surface area contributed by atoms with E-state index in [1.54, 1.807) is 12.1 Å². The van der Waals surface area contributed by atoms with Crippen LogP contribution in [0.3, 0.4) is 0 Å². The van der Waals surface area contributed by atoms with Crippen LogP contribution >= 0.6 is 35.0 Å². The van der Waals surface area contributed by atoms with Crippen molar-refractivity contribution < 1.29 is 9.50 Å². The molecule has 0 unspecified atom stereocenters. The lowest BCUT2D eigenvalue weighted by Gasteiger charge is -2.20. The Hall–Kier alpha value is 0.0900. The molecule has 0 aliphatic heterocycles. The fraction of sp³-hybridized carbons (Fsp3) is 0.538. The van der Waals surface area contributed by atoms with E-state index in [0.717, 1.165) is 9.99 Å². The van der Waals surface area contributed by atoms with E-state index >= 15 is 0 Å². The molecule has 104 valence electrons. The smallest absolute Gasteiger partial charge is 0.128 e. The molecule has 0 saturated carbocycles. The van der Waals surface area contributed by atoms with Gasteiger partial charge >= 0.3 is 0 Å². The Morgan fingerprint density at radius 3 is 2.50 bits per heavy atom. The molecule has 2 nitrogen and oxygen atoms in total. The molecule has 0 aliphatic carbocycles. The van der Waals surface area contributed by atoms with Gasteiger partial charge in [0.25, 0.3) is 0 Å². The number of hydrogen-bond acceptors (Lipinski definition) is 2. The molecule has 5 heteroatoms. The number of benzene rings is 1. The lowest BCUT2D eigenvalue weighted by atomic mass is 9.96. The summed E-state index contributed by atoms with van der Waals surface area (Å²) in [7, 11) is 0. The molecule has 1 aromatic carbocycles. The topological polar surface area (TPSA) is 46.2 Å². The highest BCUT2D eigenvalue weighted by Crippen LogP contribution is 2.23. The molecule has 1 aromatic rings. The number of nitrogens with two attached hydrogens (primary N) is 1. The molecular weight excluding hydrogens is 368 g/mol. The zero-order valence-corrected chi connectivity index (χ0v) is 13.5. The van der Waals surface area contributed by atoms with Gasteiger partial charge in [-0.25, -0.2) is 4.39 Å². The third-order valence-electron chi connectivity index (χ3n) is 2.77. The Bertz CT molecular complexity index is 376. The summed E-state index contributed by atoms with van der Waals surface area (Å²) in [6.07, 6.45) is 0.801. The van der Waals surface area contributed by atoms with E-state index in [1.165, 1.54) is 6.07 Å².